The fourth-order valence-electron chi connectivity index (χ4n) is 2.76. The summed E-state index contributed by atoms with van der Waals surface area (Å²) in [5, 5.41) is 2.93. The Balaban J connectivity index is 2.05. The van der Waals surface area contributed by atoms with Crippen molar-refractivity contribution in [2.75, 3.05) is 13.7 Å². The van der Waals surface area contributed by atoms with E-state index in [1.807, 2.05) is 25.1 Å². The van der Waals surface area contributed by atoms with Crippen LogP contribution in [0, 0.1) is 0 Å². The van der Waals surface area contributed by atoms with Crippen LogP contribution in [-0.4, -0.2) is 25.7 Å². The zero-order valence-electron chi connectivity index (χ0n) is 13.4. The first kappa shape index (κ1) is 16.6. The molecule has 0 aromatic heterocycles. The van der Waals surface area contributed by atoms with Gasteiger partial charge in [0.25, 0.3) is 0 Å². The van der Waals surface area contributed by atoms with E-state index in [1.165, 1.54) is 12.8 Å². The molecule has 1 fully saturated rings. The standard InChI is InChI=1S/C17H26N2O3/c1-12(19-17(20)9-10-18)13-7-8-15(16(11-13)21-2)22-14-5-3-4-6-14/h7-8,11-12,14H,3-6,9-10,18H2,1-2H3,(H,19,20). The van der Waals surface area contributed by atoms with Crippen LogP contribution < -0.4 is 20.5 Å². The number of hydrogen-bond acceptors (Lipinski definition) is 4. The summed E-state index contributed by atoms with van der Waals surface area (Å²) in [5.74, 6) is 1.45. The van der Waals surface area contributed by atoms with Crippen molar-refractivity contribution in [3.05, 3.63) is 23.8 Å². The highest BCUT2D eigenvalue weighted by Gasteiger charge is 2.19. The maximum absolute atomic E-state index is 11.6. The summed E-state index contributed by atoms with van der Waals surface area (Å²) < 4.78 is 11.5. The number of benzene rings is 1. The lowest BCUT2D eigenvalue weighted by Crippen LogP contribution is -2.28. The summed E-state index contributed by atoms with van der Waals surface area (Å²) in [5.41, 5.74) is 6.38. The minimum absolute atomic E-state index is 0.0414. The van der Waals surface area contributed by atoms with Crippen LogP contribution in [0.25, 0.3) is 0 Å². The van der Waals surface area contributed by atoms with Crippen LogP contribution in [0.5, 0.6) is 11.5 Å². The zero-order chi connectivity index (χ0) is 15.9. The minimum Gasteiger partial charge on any atom is -0.493 e. The number of nitrogens with one attached hydrogen (secondary N) is 1. The molecule has 1 aromatic carbocycles. The number of carbonyl (C=O) groups excluding carboxylic acids is 1. The van der Waals surface area contributed by atoms with E-state index in [9.17, 15) is 4.79 Å². The molecule has 1 aliphatic rings. The zero-order valence-corrected chi connectivity index (χ0v) is 13.4. The first-order valence-electron chi connectivity index (χ1n) is 7.98. The molecule has 0 bridgehead atoms. The lowest BCUT2D eigenvalue weighted by Gasteiger charge is -2.19. The largest absolute Gasteiger partial charge is 0.493 e. The van der Waals surface area contributed by atoms with Gasteiger partial charge in [0.1, 0.15) is 0 Å². The van der Waals surface area contributed by atoms with E-state index in [0.717, 1.165) is 24.2 Å². The minimum atomic E-state index is -0.0894. The number of ether oxygens (including phenoxy) is 2. The second-order valence-electron chi connectivity index (χ2n) is 5.76. The van der Waals surface area contributed by atoms with E-state index in [4.69, 9.17) is 15.2 Å². The average molecular weight is 306 g/mol. The van der Waals surface area contributed by atoms with Gasteiger partial charge in [0.05, 0.1) is 19.3 Å². The van der Waals surface area contributed by atoms with Crippen molar-refractivity contribution in [2.45, 2.75) is 51.2 Å². The van der Waals surface area contributed by atoms with Gasteiger partial charge in [0.15, 0.2) is 11.5 Å². The van der Waals surface area contributed by atoms with Crippen LogP contribution in [0.4, 0.5) is 0 Å². The number of nitrogens with two attached hydrogens (primary N) is 1. The third-order valence-corrected chi connectivity index (χ3v) is 4.03. The smallest absolute Gasteiger partial charge is 0.221 e. The van der Waals surface area contributed by atoms with Gasteiger partial charge in [-0.15, -0.1) is 0 Å². The van der Waals surface area contributed by atoms with Crippen LogP contribution >= 0.6 is 0 Å². The summed E-state index contributed by atoms with van der Waals surface area (Å²) in [7, 11) is 1.64. The molecule has 1 saturated carbocycles. The molecular formula is C17H26N2O3. The first-order valence-corrected chi connectivity index (χ1v) is 7.98. The summed E-state index contributed by atoms with van der Waals surface area (Å²) >= 11 is 0. The number of amides is 1. The van der Waals surface area contributed by atoms with Gasteiger partial charge in [-0.2, -0.15) is 0 Å². The molecule has 0 saturated heterocycles. The quantitative estimate of drug-likeness (QED) is 0.812. The number of hydrogen-bond donors (Lipinski definition) is 2. The number of carbonyl (C=O) groups is 1. The van der Waals surface area contributed by atoms with Crippen molar-refractivity contribution in [2.24, 2.45) is 5.73 Å². The molecule has 0 aliphatic heterocycles. The van der Waals surface area contributed by atoms with Crippen LogP contribution in [0.2, 0.25) is 0 Å². The molecule has 1 amide bonds. The van der Waals surface area contributed by atoms with E-state index < -0.39 is 0 Å². The molecule has 1 aliphatic carbocycles. The molecular weight excluding hydrogens is 280 g/mol. The normalized spacial score (nSPS) is 16.3. The van der Waals surface area contributed by atoms with Gasteiger partial charge in [0.2, 0.25) is 5.91 Å². The molecule has 5 heteroatoms. The molecule has 0 radical (unpaired) electrons. The van der Waals surface area contributed by atoms with Gasteiger partial charge in [-0.05, 0) is 50.3 Å². The Kier molecular flexibility index (Phi) is 6.07. The van der Waals surface area contributed by atoms with Crippen LogP contribution in [-0.2, 0) is 4.79 Å². The highest BCUT2D eigenvalue weighted by Crippen LogP contribution is 2.33. The molecule has 22 heavy (non-hydrogen) atoms. The molecule has 3 N–H and O–H groups in total. The highest BCUT2D eigenvalue weighted by atomic mass is 16.5. The third-order valence-electron chi connectivity index (χ3n) is 4.03. The Morgan fingerprint density at radius 3 is 2.73 bits per heavy atom. The van der Waals surface area contributed by atoms with E-state index in [2.05, 4.69) is 5.32 Å². The average Bonchev–Trinajstić information content (AvgIpc) is 3.00. The highest BCUT2D eigenvalue weighted by molar-refractivity contribution is 5.76. The van der Waals surface area contributed by atoms with Gasteiger partial charge in [-0.1, -0.05) is 6.07 Å². The Labute approximate surface area is 132 Å². The van der Waals surface area contributed by atoms with Crippen LogP contribution in [0.3, 0.4) is 0 Å². The molecule has 1 unspecified atom stereocenters. The summed E-state index contributed by atoms with van der Waals surface area (Å²) in [6, 6.07) is 5.74. The topological polar surface area (TPSA) is 73.6 Å². The lowest BCUT2D eigenvalue weighted by molar-refractivity contribution is -0.121. The van der Waals surface area contributed by atoms with E-state index in [-0.39, 0.29) is 11.9 Å². The Morgan fingerprint density at radius 2 is 2.09 bits per heavy atom. The summed E-state index contributed by atoms with van der Waals surface area (Å²) in [6.07, 6.45) is 5.31. The van der Waals surface area contributed by atoms with Crippen LogP contribution in [0.1, 0.15) is 50.6 Å². The first-order chi connectivity index (χ1) is 10.6. The molecule has 0 spiro atoms. The van der Waals surface area contributed by atoms with Gasteiger partial charge in [-0.3, -0.25) is 4.79 Å². The maximum Gasteiger partial charge on any atom is 0.221 e. The van der Waals surface area contributed by atoms with Crippen molar-refractivity contribution < 1.29 is 14.3 Å². The molecule has 1 atom stereocenters. The van der Waals surface area contributed by atoms with Gasteiger partial charge < -0.3 is 20.5 Å². The van der Waals surface area contributed by atoms with E-state index in [0.29, 0.717) is 24.8 Å². The lowest BCUT2D eigenvalue weighted by atomic mass is 10.1. The predicted octanol–water partition coefficient (Wildman–Crippen LogP) is 2.54. The summed E-state index contributed by atoms with van der Waals surface area (Å²) in [4.78, 5) is 11.6. The van der Waals surface area contributed by atoms with Crippen molar-refractivity contribution >= 4 is 5.91 Å². The van der Waals surface area contributed by atoms with Crippen LogP contribution in [0.15, 0.2) is 18.2 Å². The van der Waals surface area contributed by atoms with Gasteiger partial charge in [0, 0.05) is 13.0 Å². The van der Waals surface area contributed by atoms with Crippen molar-refractivity contribution in [3.8, 4) is 11.5 Å². The van der Waals surface area contributed by atoms with Crippen molar-refractivity contribution in [1.29, 1.82) is 0 Å². The fraction of sp³-hybridized carbons (Fsp3) is 0.588. The molecule has 5 nitrogen and oxygen atoms in total. The molecule has 0 heterocycles. The number of methoxy groups -OCH3 is 1. The van der Waals surface area contributed by atoms with Gasteiger partial charge >= 0.3 is 0 Å². The van der Waals surface area contributed by atoms with Crippen molar-refractivity contribution in [1.82, 2.24) is 5.32 Å². The second kappa shape index (κ2) is 8.03. The Bertz CT molecular complexity index is 499. The fourth-order valence-corrected chi connectivity index (χ4v) is 2.76. The Hall–Kier alpha value is -1.75. The molecule has 2 rings (SSSR count). The Morgan fingerprint density at radius 1 is 1.36 bits per heavy atom. The predicted molar refractivity (Wildman–Crippen MR) is 86.1 cm³/mol. The molecule has 122 valence electrons. The van der Waals surface area contributed by atoms with E-state index in [1.54, 1.807) is 7.11 Å². The monoisotopic (exact) mass is 306 g/mol. The number of rotatable bonds is 7. The molecule has 1 aromatic rings. The SMILES string of the molecule is COc1cc(C(C)NC(=O)CCN)ccc1OC1CCCC1. The van der Waals surface area contributed by atoms with Gasteiger partial charge in [-0.25, -0.2) is 0 Å². The second-order valence-corrected chi connectivity index (χ2v) is 5.76. The van der Waals surface area contributed by atoms with Crippen molar-refractivity contribution in [3.63, 3.8) is 0 Å². The summed E-state index contributed by atoms with van der Waals surface area (Å²) in [6.45, 7) is 2.30. The maximum atomic E-state index is 11.6. The van der Waals surface area contributed by atoms with E-state index >= 15 is 0 Å². The third kappa shape index (κ3) is 4.37.